The molecular weight excluding hydrogens is 344 g/mol. The third kappa shape index (κ3) is 3.07. The Kier molecular flexibility index (Phi) is 4.07. The molecule has 2 aromatic heterocycles. The van der Waals surface area contributed by atoms with Crippen LogP contribution in [0.4, 0.5) is 5.82 Å². The zero-order valence-electron chi connectivity index (χ0n) is 15.5. The summed E-state index contributed by atoms with van der Waals surface area (Å²) in [5, 5.41) is 8.74. The molecule has 0 spiro atoms. The van der Waals surface area contributed by atoms with E-state index >= 15 is 0 Å². The van der Waals surface area contributed by atoms with Gasteiger partial charge in [-0.25, -0.2) is 4.98 Å². The minimum Gasteiger partial charge on any atom is -0.378 e. The van der Waals surface area contributed by atoms with Crippen molar-refractivity contribution in [2.45, 2.75) is 38.3 Å². The first-order valence-corrected chi connectivity index (χ1v) is 9.72. The van der Waals surface area contributed by atoms with Gasteiger partial charge in [0.05, 0.1) is 31.4 Å². The SMILES string of the molecule is C[C@H]1CN(C(=O)c2ccc(N3CCOCC3)nc2)Cc2nnc(C3CC3)n21. The van der Waals surface area contributed by atoms with Crippen LogP contribution in [0, 0.1) is 0 Å². The summed E-state index contributed by atoms with van der Waals surface area (Å²) < 4.78 is 7.62. The number of anilines is 1. The number of carbonyl (C=O) groups is 1. The van der Waals surface area contributed by atoms with Crippen LogP contribution in [0.1, 0.15) is 53.7 Å². The lowest BCUT2D eigenvalue weighted by Gasteiger charge is -2.33. The molecule has 0 radical (unpaired) electrons. The quantitative estimate of drug-likeness (QED) is 0.819. The monoisotopic (exact) mass is 368 g/mol. The van der Waals surface area contributed by atoms with Crippen molar-refractivity contribution in [3.05, 3.63) is 35.5 Å². The first kappa shape index (κ1) is 16.7. The van der Waals surface area contributed by atoms with Gasteiger partial charge in [-0.05, 0) is 31.9 Å². The van der Waals surface area contributed by atoms with E-state index in [0.29, 0.717) is 24.6 Å². The number of morpholine rings is 1. The molecule has 2 aliphatic heterocycles. The highest BCUT2D eigenvalue weighted by Gasteiger charge is 2.35. The van der Waals surface area contributed by atoms with Crippen LogP contribution in [-0.4, -0.2) is 63.4 Å². The second-order valence-electron chi connectivity index (χ2n) is 7.66. The Balaban J connectivity index is 1.32. The van der Waals surface area contributed by atoms with Crippen LogP contribution < -0.4 is 4.90 Å². The number of fused-ring (bicyclic) bond motifs is 1. The highest BCUT2D eigenvalue weighted by Crippen LogP contribution is 2.41. The van der Waals surface area contributed by atoms with Gasteiger partial charge in [0.2, 0.25) is 0 Å². The third-order valence-corrected chi connectivity index (χ3v) is 5.61. The van der Waals surface area contributed by atoms with Crippen LogP contribution in [0.25, 0.3) is 0 Å². The molecule has 1 amide bonds. The zero-order chi connectivity index (χ0) is 18.4. The van der Waals surface area contributed by atoms with Gasteiger partial charge in [0.25, 0.3) is 5.91 Å². The van der Waals surface area contributed by atoms with E-state index in [0.717, 1.165) is 43.8 Å². The molecule has 4 heterocycles. The van der Waals surface area contributed by atoms with Crippen molar-refractivity contribution in [3.8, 4) is 0 Å². The molecule has 0 N–H and O–H groups in total. The summed E-state index contributed by atoms with van der Waals surface area (Å²) in [4.78, 5) is 21.5. The Morgan fingerprint density at radius 2 is 2.00 bits per heavy atom. The smallest absolute Gasteiger partial charge is 0.255 e. The van der Waals surface area contributed by atoms with Crippen LogP contribution in [0.3, 0.4) is 0 Å². The van der Waals surface area contributed by atoms with Crippen molar-refractivity contribution in [2.75, 3.05) is 37.7 Å². The maximum absolute atomic E-state index is 13.0. The average Bonchev–Trinajstić information content (AvgIpc) is 3.47. The second-order valence-corrected chi connectivity index (χ2v) is 7.66. The fraction of sp³-hybridized carbons (Fsp3) is 0.579. The molecule has 0 bridgehead atoms. The Bertz CT molecular complexity index is 838. The van der Waals surface area contributed by atoms with Crippen LogP contribution in [0.2, 0.25) is 0 Å². The predicted octanol–water partition coefficient (Wildman–Crippen LogP) is 1.60. The van der Waals surface area contributed by atoms with E-state index in [1.807, 2.05) is 17.0 Å². The molecule has 1 aliphatic carbocycles. The van der Waals surface area contributed by atoms with Gasteiger partial charge < -0.3 is 19.1 Å². The molecule has 142 valence electrons. The number of hydrogen-bond donors (Lipinski definition) is 0. The molecule has 1 saturated heterocycles. The van der Waals surface area contributed by atoms with Gasteiger partial charge in [0, 0.05) is 31.7 Å². The van der Waals surface area contributed by atoms with Crippen LogP contribution in [0.15, 0.2) is 18.3 Å². The normalized spacial score (nSPS) is 22.6. The minimum atomic E-state index is 0.00472. The van der Waals surface area contributed by atoms with Gasteiger partial charge >= 0.3 is 0 Å². The van der Waals surface area contributed by atoms with Gasteiger partial charge in [0.15, 0.2) is 5.82 Å². The van der Waals surface area contributed by atoms with Gasteiger partial charge in [-0.15, -0.1) is 10.2 Å². The molecular formula is C19H24N6O2. The van der Waals surface area contributed by atoms with Gasteiger partial charge in [-0.3, -0.25) is 4.79 Å². The summed E-state index contributed by atoms with van der Waals surface area (Å²) in [7, 11) is 0. The summed E-state index contributed by atoms with van der Waals surface area (Å²) in [6.07, 6.45) is 4.09. The molecule has 5 rings (SSSR count). The van der Waals surface area contributed by atoms with Gasteiger partial charge in [-0.2, -0.15) is 0 Å². The van der Waals surface area contributed by atoms with E-state index in [4.69, 9.17) is 4.74 Å². The topological polar surface area (TPSA) is 76.4 Å². The number of amides is 1. The molecule has 8 nitrogen and oxygen atoms in total. The van der Waals surface area contributed by atoms with Gasteiger partial charge in [-0.1, -0.05) is 0 Å². The van der Waals surface area contributed by atoms with E-state index in [1.165, 1.54) is 12.8 Å². The lowest BCUT2D eigenvalue weighted by molar-refractivity contribution is 0.0679. The molecule has 1 atom stereocenters. The summed E-state index contributed by atoms with van der Waals surface area (Å²) in [6, 6.07) is 4.00. The van der Waals surface area contributed by atoms with Crippen molar-refractivity contribution in [3.63, 3.8) is 0 Å². The van der Waals surface area contributed by atoms with Crippen molar-refractivity contribution in [1.82, 2.24) is 24.6 Å². The number of carbonyl (C=O) groups excluding carboxylic acids is 1. The summed E-state index contributed by atoms with van der Waals surface area (Å²) >= 11 is 0. The van der Waals surface area contributed by atoms with E-state index in [9.17, 15) is 4.79 Å². The number of nitrogens with zero attached hydrogens (tertiary/aromatic N) is 6. The van der Waals surface area contributed by atoms with E-state index in [2.05, 4.69) is 31.6 Å². The van der Waals surface area contributed by atoms with Crippen molar-refractivity contribution < 1.29 is 9.53 Å². The molecule has 0 aromatic carbocycles. The molecule has 1 saturated carbocycles. The first-order valence-electron chi connectivity index (χ1n) is 9.72. The number of ether oxygens (including phenoxy) is 1. The first-order chi connectivity index (χ1) is 13.2. The Morgan fingerprint density at radius 1 is 1.19 bits per heavy atom. The third-order valence-electron chi connectivity index (χ3n) is 5.61. The van der Waals surface area contributed by atoms with Crippen LogP contribution >= 0.6 is 0 Å². The summed E-state index contributed by atoms with van der Waals surface area (Å²) in [6.45, 7) is 6.43. The zero-order valence-corrected chi connectivity index (χ0v) is 15.5. The average molecular weight is 368 g/mol. The Labute approximate surface area is 158 Å². The largest absolute Gasteiger partial charge is 0.378 e. The number of aromatic nitrogens is 4. The van der Waals surface area contributed by atoms with E-state index in [1.54, 1.807) is 6.20 Å². The van der Waals surface area contributed by atoms with Crippen molar-refractivity contribution in [2.24, 2.45) is 0 Å². The predicted molar refractivity (Wildman–Crippen MR) is 98.7 cm³/mol. The molecule has 2 fully saturated rings. The highest BCUT2D eigenvalue weighted by molar-refractivity contribution is 5.94. The van der Waals surface area contributed by atoms with Crippen LogP contribution in [0.5, 0.6) is 0 Å². The number of pyridine rings is 1. The molecule has 2 aromatic rings. The van der Waals surface area contributed by atoms with Gasteiger partial charge in [0.1, 0.15) is 11.6 Å². The molecule has 0 unspecified atom stereocenters. The Morgan fingerprint density at radius 3 is 2.70 bits per heavy atom. The highest BCUT2D eigenvalue weighted by atomic mass is 16.5. The second kappa shape index (κ2) is 6.60. The Hall–Kier alpha value is -2.48. The number of rotatable bonds is 3. The van der Waals surface area contributed by atoms with Crippen LogP contribution in [-0.2, 0) is 11.3 Å². The van der Waals surface area contributed by atoms with E-state index < -0.39 is 0 Å². The minimum absolute atomic E-state index is 0.00472. The van der Waals surface area contributed by atoms with Crippen molar-refractivity contribution >= 4 is 11.7 Å². The molecule has 3 aliphatic rings. The lowest BCUT2D eigenvalue weighted by Crippen LogP contribution is -2.41. The maximum Gasteiger partial charge on any atom is 0.255 e. The lowest BCUT2D eigenvalue weighted by atomic mass is 10.1. The standard InChI is InChI=1S/C19H24N6O2/c1-13-11-24(12-17-21-22-18(25(13)17)14-2-3-14)19(26)15-4-5-16(20-10-15)23-6-8-27-9-7-23/h4-5,10,13-14H,2-3,6-9,11-12H2,1H3/t13-/m0/s1. The van der Waals surface area contributed by atoms with E-state index in [-0.39, 0.29) is 11.9 Å². The molecule has 27 heavy (non-hydrogen) atoms. The van der Waals surface area contributed by atoms with Crippen molar-refractivity contribution in [1.29, 1.82) is 0 Å². The summed E-state index contributed by atoms with van der Waals surface area (Å²) in [5.41, 5.74) is 0.620. The fourth-order valence-corrected chi connectivity index (χ4v) is 4.01. The number of hydrogen-bond acceptors (Lipinski definition) is 6. The summed E-state index contributed by atoms with van der Waals surface area (Å²) in [5.74, 6) is 3.46. The fourth-order valence-electron chi connectivity index (χ4n) is 4.01. The molecule has 8 heteroatoms. The maximum atomic E-state index is 13.0.